The lowest BCUT2D eigenvalue weighted by atomic mass is 10.1. The van der Waals surface area contributed by atoms with E-state index >= 15 is 0 Å². The van der Waals surface area contributed by atoms with Crippen molar-refractivity contribution >= 4 is 11.8 Å². The number of nitrogens with two attached hydrogens (primary N) is 1. The van der Waals surface area contributed by atoms with Crippen molar-refractivity contribution in [2.24, 2.45) is 5.73 Å². The fraction of sp³-hybridized carbons (Fsp3) is 0.867. The van der Waals surface area contributed by atoms with Gasteiger partial charge in [0.05, 0.1) is 12.1 Å². The van der Waals surface area contributed by atoms with Crippen LogP contribution < -0.4 is 5.73 Å². The highest BCUT2D eigenvalue weighted by Gasteiger charge is 2.29. The fourth-order valence-corrected chi connectivity index (χ4v) is 2.61. The van der Waals surface area contributed by atoms with Crippen LogP contribution in [0.15, 0.2) is 0 Å². The van der Waals surface area contributed by atoms with Crippen molar-refractivity contribution in [3.05, 3.63) is 0 Å². The Balaban J connectivity index is 2.53. The normalized spacial score (nSPS) is 17.5. The minimum Gasteiger partial charge on any atom is -0.342 e. The molecule has 0 aliphatic carbocycles. The molecule has 0 aromatic heterocycles. The van der Waals surface area contributed by atoms with Crippen LogP contribution in [0.1, 0.15) is 34.1 Å². The Labute approximate surface area is 128 Å². The van der Waals surface area contributed by atoms with Gasteiger partial charge in [-0.2, -0.15) is 0 Å². The van der Waals surface area contributed by atoms with E-state index in [2.05, 4.69) is 4.90 Å². The first-order valence-electron chi connectivity index (χ1n) is 7.88. The van der Waals surface area contributed by atoms with Crippen LogP contribution in [0.3, 0.4) is 0 Å². The molecule has 6 heteroatoms. The van der Waals surface area contributed by atoms with E-state index in [9.17, 15) is 9.59 Å². The predicted octanol–water partition coefficient (Wildman–Crippen LogP) is 0.126. The average molecular weight is 298 g/mol. The van der Waals surface area contributed by atoms with Gasteiger partial charge in [-0.3, -0.25) is 14.5 Å². The summed E-state index contributed by atoms with van der Waals surface area (Å²) in [4.78, 5) is 30.2. The van der Waals surface area contributed by atoms with Gasteiger partial charge in [0.2, 0.25) is 11.8 Å². The monoisotopic (exact) mass is 298 g/mol. The van der Waals surface area contributed by atoms with Gasteiger partial charge in [-0.05, 0) is 34.1 Å². The standard InChI is InChI=1S/C15H30N4O2/c1-5-18(6-2)13(20)12-17-8-7-9-19(11-10-17)14(21)15(3,4)16/h5-12,16H2,1-4H3. The van der Waals surface area contributed by atoms with Gasteiger partial charge in [-0.1, -0.05) is 0 Å². The molecule has 2 amide bonds. The Morgan fingerprint density at radius 3 is 2.24 bits per heavy atom. The number of carbonyl (C=O) groups excluding carboxylic acids is 2. The largest absolute Gasteiger partial charge is 0.342 e. The maximum absolute atomic E-state index is 12.2. The SMILES string of the molecule is CCN(CC)C(=O)CN1CCCN(C(=O)C(C)(C)N)CC1. The van der Waals surface area contributed by atoms with Crippen molar-refractivity contribution in [1.29, 1.82) is 0 Å². The first-order chi connectivity index (χ1) is 9.79. The maximum Gasteiger partial charge on any atom is 0.242 e. The number of amides is 2. The molecule has 2 N–H and O–H groups in total. The van der Waals surface area contributed by atoms with Crippen molar-refractivity contribution < 1.29 is 9.59 Å². The Morgan fingerprint density at radius 1 is 1.10 bits per heavy atom. The number of rotatable bonds is 5. The molecule has 0 atom stereocenters. The molecule has 0 spiro atoms. The van der Waals surface area contributed by atoms with E-state index in [-0.39, 0.29) is 11.8 Å². The highest BCUT2D eigenvalue weighted by molar-refractivity contribution is 5.85. The molecule has 0 radical (unpaired) electrons. The predicted molar refractivity (Wildman–Crippen MR) is 83.8 cm³/mol. The second kappa shape index (κ2) is 7.75. The van der Waals surface area contributed by atoms with Gasteiger partial charge in [0.1, 0.15) is 0 Å². The highest BCUT2D eigenvalue weighted by Crippen LogP contribution is 2.09. The number of likely N-dealkylation sites (N-methyl/N-ethyl adjacent to an activating group) is 1. The topological polar surface area (TPSA) is 69.9 Å². The summed E-state index contributed by atoms with van der Waals surface area (Å²) >= 11 is 0. The molecule has 0 unspecified atom stereocenters. The average Bonchev–Trinajstić information content (AvgIpc) is 2.63. The minimum atomic E-state index is -0.827. The molecule has 0 saturated carbocycles. The molecule has 6 nitrogen and oxygen atoms in total. The third-order valence-electron chi connectivity index (χ3n) is 3.90. The summed E-state index contributed by atoms with van der Waals surface area (Å²) in [7, 11) is 0. The number of hydrogen-bond acceptors (Lipinski definition) is 4. The van der Waals surface area contributed by atoms with E-state index in [0.717, 1.165) is 39.1 Å². The van der Waals surface area contributed by atoms with E-state index in [4.69, 9.17) is 5.73 Å². The highest BCUT2D eigenvalue weighted by atomic mass is 16.2. The van der Waals surface area contributed by atoms with E-state index in [1.165, 1.54) is 0 Å². The smallest absolute Gasteiger partial charge is 0.242 e. The first-order valence-corrected chi connectivity index (χ1v) is 7.88. The third-order valence-corrected chi connectivity index (χ3v) is 3.90. The Morgan fingerprint density at radius 2 is 1.71 bits per heavy atom. The molecular formula is C15H30N4O2. The molecule has 1 heterocycles. The summed E-state index contributed by atoms with van der Waals surface area (Å²) in [6.45, 7) is 12.3. The molecular weight excluding hydrogens is 268 g/mol. The van der Waals surface area contributed by atoms with Crippen LogP contribution >= 0.6 is 0 Å². The molecule has 1 fully saturated rings. The maximum atomic E-state index is 12.2. The summed E-state index contributed by atoms with van der Waals surface area (Å²) in [6.07, 6.45) is 0.882. The zero-order valence-corrected chi connectivity index (χ0v) is 13.9. The van der Waals surface area contributed by atoms with Crippen LogP contribution in [-0.4, -0.2) is 77.9 Å². The minimum absolute atomic E-state index is 0.0144. The lowest BCUT2D eigenvalue weighted by Crippen LogP contribution is -2.52. The molecule has 21 heavy (non-hydrogen) atoms. The van der Waals surface area contributed by atoms with Gasteiger partial charge in [0.25, 0.3) is 0 Å². The molecule has 0 bridgehead atoms. The molecule has 1 rings (SSSR count). The van der Waals surface area contributed by atoms with Gasteiger partial charge in [0.15, 0.2) is 0 Å². The van der Waals surface area contributed by atoms with Crippen LogP contribution in [0.2, 0.25) is 0 Å². The van der Waals surface area contributed by atoms with Crippen molar-refractivity contribution in [3.63, 3.8) is 0 Å². The van der Waals surface area contributed by atoms with Crippen LogP contribution in [0.4, 0.5) is 0 Å². The summed E-state index contributed by atoms with van der Waals surface area (Å²) in [5, 5.41) is 0. The van der Waals surface area contributed by atoms with Gasteiger partial charge in [-0.25, -0.2) is 0 Å². The van der Waals surface area contributed by atoms with Crippen LogP contribution in [0, 0.1) is 0 Å². The summed E-state index contributed by atoms with van der Waals surface area (Å²) in [5.41, 5.74) is 5.06. The van der Waals surface area contributed by atoms with Crippen molar-refractivity contribution in [2.75, 3.05) is 45.8 Å². The molecule has 1 saturated heterocycles. The number of hydrogen-bond donors (Lipinski definition) is 1. The third kappa shape index (κ3) is 5.28. The summed E-state index contributed by atoms with van der Waals surface area (Å²) < 4.78 is 0. The van der Waals surface area contributed by atoms with Gasteiger partial charge in [0, 0.05) is 39.3 Å². The fourth-order valence-electron chi connectivity index (χ4n) is 2.61. The van der Waals surface area contributed by atoms with E-state index in [0.29, 0.717) is 13.1 Å². The molecule has 1 aliphatic rings. The van der Waals surface area contributed by atoms with Crippen LogP contribution in [0.5, 0.6) is 0 Å². The zero-order valence-electron chi connectivity index (χ0n) is 13.9. The van der Waals surface area contributed by atoms with Crippen LogP contribution in [0.25, 0.3) is 0 Å². The lowest BCUT2D eigenvalue weighted by molar-refractivity contribution is -0.135. The Kier molecular flexibility index (Phi) is 6.61. The Hall–Kier alpha value is -1.14. The second-order valence-corrected chi connectivity index (χ2v) is 6.21. The number of nitrogens with zero attached hydrogens (tertiary/aromatic N) is 3. The van der Waals surface area contributed by atoms with Gasteiger partial charge in [-0.15, -0.1) is 0 Å². The summed E-state index contributed by atoms with van der Waals surface area (Å²) in [6, 6.07) is 0. The number of carbonyl (C=O) groups is 2. The molecule has 0 aromatic carbocycles. The van der Waals surface area contributed by atoms with Crippen molar-refractivity contribution in [2.45, 2.75) is 39.7 Å². The molecule has 122 valence electrons. The van der Waals surface area contributed by atoms with Gasteiger partial charge >= 0.3 is 0 Å². The van der Waals surface area contributed by atoms with Gasteiger partial charge < -0.3 is 15.5 Å². The Bertz CT molecular complexity index is 361. The van der Waals surface area contributed by atoms with E-state index in [1.54, 1.807) is 13.8 Å². The van der Waals surface area contributed by atoms with Crippen molar-refractivity contribution in [3.8, 4) is 0 Å². The summed E-state index contributed by atoms with van der Waals surface area (Å²) in [5.74, 6) is 0.151. The zero-order chi connectivity index (χ0) is 16.0. The van der Waals surface area contributed by atoms with E-state index < -0.39 is 5.54 Å². The molecule has 1 aliphatic heterocycles. The van der Waals surface area contributed by atoms with E-state index in [1.807, 2.05) is 23.6 Å². The van der Waals surface area contributed by atoms with Crippen molar-refractivity contribution in [1.82, 2.24) is 14.7 Å². The quantitative estimate of drug-likeness (QED) is 0.783. The second-order valence-electron chi connectivity index (χ2n) is 6.21. The first kappa shape index (κ1) is 17.9. The lowest BCUT2D eigenvalue weighted by Gasteiger charge is -2.28. The van der Waals surface area contributed by atoms with Crippen LogP contribution in [-0.2, 0) is 9.59 Å². The molecule has 0 aromatic rings.